The highest BCUT2D eigenvalue weighted by molar-refractivity contribution is 5.62. The second-order valence-corrected chi connectivity index (χ2v) is 3.30. The van der Waals surface area contributed by atoms with Gasteiger partial charge >= 0.3 is 0 Å². The van der Waals surface area contributed by atoms with Crippen LogP contribution >= 0.6 is 0 Å². The topological polar surface area (TPSA) is 29.1 Å². The van der Waals surface area contributed by atoms with Gasteiger partial charge in [0.1, 0.15) is 6.29 Å². The maximum Gasteiger partial charge on any atom is 0.139 e. The molecule has 0 aliphatic carbocycles. The van der Waals surface area contributed by atoms with Crippen LogP contribution in [0.25, 0.3) is 0 Å². The minimum atomic E-state index is 0.378. The van der Waals surface area contributed by atoms with Gasteiger partial charge in [0.05, 0.1) is 6.54 Å². The summed E-state index contributed by atoms with van der Waals surface area (Å²) in [5.74, 6) is 0. The minimum Gasteiger partial charge on any atom is -0.378 e. The Balaban J connectivity index is 2.94. The van der Waals surface area contributed by atoms with Crippen LogP contribution in [0.5, 0.6) is 0 Å². The van der Waals surface area contributed by atoms with E-state index < -0.39 is 0 Å². The zero-order valence-electron chi connectivity index (χ0n) is 8.35. The number of aryl methyl sites for hydroxylation is 3. The normalized spacial score (nSPS) is 9.77. The van der Waals surface area contributed by atoms with E-state index in [9.17, 15) is 4.79 Å². The van der Waals surface area contributed by atoms with Crippen molar-refractivity contribution < 1.29 is 4.79 Å². The summed E-state index contributed by atoms with van der Waals surface area (Å²) in [5.41, 5.74) is 4.77. The monoisotopic (exact) mass is 177 g/mol. The van der Waals surface area contributed by atoms with Crippen LogP contribution in [0.3, 0.4) is 0 Å². The van der Waals surface area contributed by atoms with Crippen molar-refractivity contribution in [2.45, 2.75) is 20.8 Å². The Labute approximate surface area is 79.0 Å². The fourth-order valence-corrected chi connectivity index (χ4v) is 1.30. The smallest absolute Gasteiger partial charge is 0.139 e. The molecule has 2 heteroatoms. The average Bonchev–Trinajstić information content (AvgIpc) is 2.09. The van der Waals surface area contributed by atoms with Crippen LogP contribution in [-0.2, 0) is 4.79 Å². The average molecular weight is 177 g/mol. The third-order valence-electron chi connectivity index (χ3n) is 2.22. The first-order valence-electron chi connectivity index (χ1n) is 4.40. The van der Waals surface area contributed by atoms with Gasteiger partial charge in [0.25, 0.3) is 0 Å². The molecular weight excluding hydrogens is 162 g/mol. The first-order valence-corrected chi connectivity index (χ1v) is 4.40. The Morgan fingerprint density at radius 2 is 1.77 bits per heavy atom. The summed E-state index contributed by atoms with van der Waals surface area (Å²) in [6.45, 7) is 6.58. The first-order chi connectivity index (χ1) is 6.15. The SMILES string of the molecule is Cc1cc(C)c(NCC=O)cc1C. The highest BCUT2D eigenvalue weighted by atomic mass is 16.1. The summed E-state index contributed by atoms with van der Waals surface area (Å²) in [4.78, 5) is 10.2. The molecule has 1 rings (SSSR count). The van der Waals surface area contributed by atoms with E-state index in [1.165, 1.54) is 16.7 Å². The fraction of sp³-hybridized carbons (Fsp3) is 0.364. The van der Waals surface area contributed by atoms with Crippen molar-refractivity contribution in [3.63, 3.8) is 0 Å². The predicted octanol–water partition coefficient (Wildman–Crippen LogP) is 2.22. The van der Waals surface area contributed by atoms with Crippen LogP contribution in [0.1, 0.15) is 16.7 Å². The summed E-state index contributed by atoms with van der Waals surface area (Å²) in [6, 6.07) is 4.20. The number of hydrogen-bond donors (Lipinski definition) is 1. The lowest BCUT2D eigenvalue weighted by Crippen LogP contribution is -2.04. The van der Waals surface area contributed by atoms with Crippen LogP contribution in [0, 0.1) is 20.8 Å². The van der Waals surface area contributed by atoms with Gasteiger partial charge in [0.2, 0.25) is 0 Å². The van der Waals surface area contributed by atoms with Crippen LogP contribution < -0.4 is 5.32 Å². The third kappa shape index (κ3) is 2.31. The van der Waals surface area contributed by atoms with E-state index in [-0.39, 0.29) is 0 Å². The maximum absolute atomic E-state index is 10.2. The number of carbonyl (C=O) groups is 1. The number of benzene rings is 1. The molecule has 0 amide bonds. The van der Waals surface area contributed by atoms with Gasteiger partial charge in [0.15, 0.2) is 0 Å². The first kappa shape index (κ1) is 9.78. The minimum absolute atomic E-state index is 0.378. The molecule has 0 heterocycles. The quantitative estimate of drug-likeness (QED) is 0.717. The van der Waals surface area contributed by atoms with Gasteiger partial charge in [-0.1, -0.05) is 6.07 Å². The Hall–Kier alpha value is -1.31. The second-order valence-electron chi connectivity index (χ2n) is 3.30. The fourth-order valence-electron chi connectivity index (χ4n) is 1.30. The lowest BCUT2D eigenvalue weighted by atomic mass is 10.1. The summed E-state index contributed by atoms with van der Waals surface area (Å²) >= 11 is 0. The Kier molecular flexibility index (Phi) is 3.07. The number of rotatable bonds is 3. The van der Waals surface area contributed by atoms with Crippen molar-refractivity contribution in [3.05, 3.63) is 28.8 Å². The molecule has 0 spiro atoms. The number of aldehydes is 1. The molecule has 13 heavy (non-hydrogen) atoms. The summed E-state index contributed by atoms with van der Waals surface area (Å²) < 4.78 is 0. The van der Waals surface area contributed by atoms with Crippen LogP contribution in [0.2, 0.25) is 0 Å². The highest BCUT2D eigenvalue weighted by Gasteiger charge is 1.99. The van der Waals surface area contributed by atoms with Gasteiger partial charge in [-0.3, -0.25) is 0 Å². The number of nitrogens with one attached hydrogen (secondary N) is 1. The van der Waals surface area contributed by atoms with Crippen molar-refractivity contribution in [1.82, 2.24) is 0 Å². The van der Waals surface area contributed by atoms with Gasteiger partial charge in [0, 0.05) is 5.69 Å². The largest absolute Gasteiger partial charge is 0.378 e. The molecule has 1 N–H and O–H groups in total. The molecule has 70 valence electrons. The van der Waals surface area contributed by atoms with Gasteiger partial charge in [-0.05, 0) is 43.5 Å². The lowest BCUT2D eigenvalue weighted by Gasteiger charge is -2.09. The molecular formula is C11H15NO. The van der Waals surface area contributed by atoms with E-state index in [2.05, 4.69) is 31.3 Å². The van der Waals surface area contributed by atoms with Gasteiger partial charge in [-0.2, -0.15) is 0 Å². The Bertz CT molecular complexity index is 318. The molecule has 2 nitrogen and oxygen atoms in total. The molecule has 0 aromatic heterocycles. The molecule has 0 saturated carbocycles. The highest BCUT2D eigenvalue weighted by Crippen LogP contribution is 2.19. The standard InChI is InChI=1S/C11H15NO/c1-8-6-10(3)11(7-9(8)2)12-4-5-13/h5-7,12H,4H2,1-3H3. The molecule has 0 aliphatic rings. The molecule has 0 radical (unpaired) electrons. The van der Waals surface area contributed by atoms with E-state index in [4.69, 9.17) is 0 Å². The Morgan fingerprint density at radius 3 is 2.38 bits per heavy atom. The summed E-state index contributed by atoms with van der Waals surface area (Å²) in [7, 11) is 0. The number of carbonyl (C=O) groups excluding carboxylic acids is 1. The third-order valence-corrected chi connectivity index (χ3v) is 2.22. The predicted molar refractivity (Wildman–Crippen MR) is 55.2 cm³/mol. The summed E-state index contributed by atoms with van der Waals surface area (Å²) in [6.07, 6.45) is 0.870. The van der Waals surface area contributed by atoms with E-state index in [1.54, 1.807) is 0 Å². The van der Waals surface area contributed by atoms with E-state index in [0.29, 0.717) is 6.54 Å². The van der Waals surface area contributed by atoms with Gasteiger partial charge in [-0.25, -0.2) is 0 Å². The van der Waals surface area contributed by atoms with Crippen LogP contribution in [0.4, 0.5) is 5.69 Å². The Morgan fingerprint density at radius 1 is 1.15 bits per heavy atom. The molecule has 1 aromatic rings. The molecule has 0 unspecified atom stereocenters. The second kappa shape index (κ2) is 4.08. The molecule has 0 saturated heterocycles. The van der Waals surface area contributed by atoms with Crippen LogP contribution in [0.15, 0.2) is 12.1 Å². The maximum atomic E-state index is 10.2. The van der Waals surface area contributed by atoms with Crippen molar-refractivity contribution in [2.24, 2.45) is 0 Å². The van der Waals surface area contributed by atoms with E-state index in [1.807, 2.05) is 6.92 Å². The van der Waals surface area contributed by atoms with E-state index >= 15 is 0 Å². The van der Waals surface area contributed by atoms with Gasteiger partial charge in [-0.15, -0.1) is 0 Å². The lowest BCUT2D eigenvalue weighted by molar-refractivity contribution is -0.106. The van der Waals surface area contributed by atoms with E-state index in [0.717, 1.165) is 12.0 Å². The van der Waals surface area contributed by atoms with Gasteiger partial charge < -0.3 is 10.1 Å². The molecule has 0 bridgehead atoms. The molecule has 1 aromatic carbocycles. The van der Waals surface area contributed by atoms with Crippen molar-refractivity contribution in [2.75, 3.05) is 11.9 Å². The zero-order valence-corrected chi connectivity index (χ0v) is 8.35. The van der Waals surface area contributed by atoms with Crippen LogP contribution in [-0.4, -0.2) is 12.8 Å². The van der Waals surface area contributed by atoms with Crippen molar-refractivity contribution in [1.29, 1.82) is 0 Å². The molecule has 0 fully saturated rings. The summed E-state index contributed by atoms with van der Waals surface area (Å²) in [5, 5.41) is 3.06. The van der Waals surface area contributed by atoms with Crippen molar-refractivity contribution >= 4 is 12.0 Å². The molecule has 0 aliphatic heterocycles. The number of hydrogen-bond acceptors (Lipinski definition) is 2. The number of anilines is 1. The van der Waals surface area contributed by atoms with Crippen molar-refractivity contribution in [3.8, 4) is 0 Å². The molecule has 0 atom stereocenters. The zero-order chi connectivity index (χ0) is 9.84.